The number of aromatic hydroxyl groups is 1. The highest BCUT2D eigenvalue weighted by molar-refractivity contribution is 5.77. The number of hydrogen-bond donors (Lipinski definition) is 2. The summed E-state index contributed by atoms with van der Waals surface area (Å²) in [5, 5.41) is 18.7. The van der Waals surface area contributed by atoms with Crippen molar-refractivity contribution in [1.29, 1.82) is 0 Å². The van der Waals surface area contributed by atoms with Crippen LogP contribution >= 0.6 is 0 Å². The van der Waals surface area contributed by atoms with Gasteiger partial charge in [0.05, 0.1) is 6.42 Å². The van der Waals surface area contributed by atoms with Crippen LogP contribution in [0.1, 0.15) is 16.7 Å². The summed E-state index contributed by atoms with van der Waals surface area (Å²) in [4.78, 5) is 10.9. The molecule has 0 saturated carbocycles. The zero-order chi connectivity index (χ0) is 14.0. The molecule has 0 heterocycles. The van der Waals surface area contributed by atoms with Crippen LogP contribution in [-0.4, -0.2) is 16.2 Å². The number of aryl methyl sites for hydroxylation is 2. The van der Waals surface area contributed by atoms with Crippen LogP contribution in [0.15, 0.2) is 36.4 Å². The number of benzene rings is 2. The fourth-order valence-electron chi connectivity index (χ4n) is 2.23. The van der Waals surface area contributed by atoms with Gasteiger partial charge >= 0.3 is 5.97 Å². The van der Waals surface area contributed by atoms with Crippen molar-refractivity contribution in [1.82, 2.24) is 0 Å². The molecule has 0 spiro atoms. The second kappa shape index (κ2) is 5.14. The Kier molecular flexibility index (Phi) is 3.56. The van der Waals surface area contributed by atoms with Crippen LogP contribution in [0.25, 0.3) is 11.1 Å². The van der Waals surface area contributed by atoms with Crippen LogP contribution in [0.5, 0.6) is 5.75 Å². The lowest BCUT2D eigenvalue weighted by atomic mass is 9.94. The molecule has 0 aliphatic heterocycles. The summed E-state index contributed by atoms with van der Waals surface area (Å²) in [6, 6.07) is 11.2. The third-order valence-corrected chi connectivity index (χ3v) is 3.16. The van der Waals surface area contributed by atoms with Gasteiger partial charge in [0.1, 0.15) is 5.75 Å². The second-order valence-electron chi connectivity index (χ2n) is 4.69. The summed E-state index contributed by atoms with van der Waals surface area (Å²) in [5.74, 6) is -0.556. The standard InChI is InChI=1S/C16H16O3/c1-10-7-13(8-11(2)16(10)19)14-6-4-3-5-12(14)9-15(17)18/h3-8,19H,9H2,1-2H3,(H,17,18). The van der Waals surface area contributed by atoms with Crippen LogP contribution in [-0.2, 0) is 11.2 Å². The van der Waals surface area contributed by atoms with Crippen molar-refractivity contribution < 1.29 is 15.0 Å². The topological polar surface area (TPSA) is 57.5 Å². The average Bonchev–Trinajstić information content (AvgIpc) is 2.35. The van der Waals surface area contributed by atoms with E-state index in [0.717, 1.165) is 27.8 Å². The van der Waals surface area contributed by atoms with E-state index in [0.29, 0.717) is 5.75 Å². The molecule has 19 heavy (non-hydrogen) atoms. The van der Waals surface area contributed by atoms with Crippen LogP contribution in [0, 0.1) is 13.8 Å². The van der Waals surface area contributed by atoms with Crippen molar-refractivity contribution in [3.63, 3.8) is 0 Å². The van der Waals surface area contributed by atoms with E-state index in [-0.39, 0.29) is 6.42 Å². The lowest BCUT2D eigenvalue weighted by Gasteiger charge is -2.11. The molecule has 2 N–H and O–H groups in total. The van der Waals surface area contributed by atoms with Crippen LogP contribution in [0.4, 0.5) is 0 Å². The molecule has 0 saturated heterocycles. The van der Waals surface area contributed by atoms with Gasteiger partial charge in [-0.25, -0.2) is 0 Å². The Morgan fingerprint density at radius 1 is 1.11 bits per heavy atom. The van der Waals surface area contributed by atoms with Gasteiger partial charge in [-0.3, -0.25) is 4.79 Å². The predicted molar refractivity (Wildman–Crippen MR) is 74.4 cm³/mol. The molecule has 0 amide bonds. The molecular formula is C16H16O3. The normalized spacial score (nSPS) is 10.4. The van der Waals surface area contributed by atoms with Gasteiger partial charge in [-0.15, -0.1) is 0 Å². The third-order valence-electron chi connectivity index (χ3n) is 3.16. The fraction of sp³-hybridized carbons (Fsp3) is 0.188. The van der Waals surface area contributed by atoms with Gasteiger partial charge in [0, 0.05) is 0 Å². The maximum Gasteiger partial charge on any atom is 0.307 e. The van der Waals surface area contributed by atoms with Gasteiger partial charge in [0.15, 0.2) is 0 Å². The van der Waals surface area contributed by atoms with Crippen molar-refractivity contribution in [2.24, 2.45) is 0 Å². The molecule has 3 nitrogen and oxygen atoms in total. The van der Waals surface area contributed by atoms with Crippen molar-refractivity contribution >= 4 is 5.97 Å². The Bertz CT molecular complexity index is 607. The number of carboxylic acids is 1. The number of carbonyl (C=O) groups is 1. The zero-order valence-electron chi connectivity index (χ0n) is 11.0. The molecule has 2 aromatic rings. The number of phenolic OH excluding ortho intramolecular Hbond substituents is 1. The van der Waals surface area contributed by atoms with E-state index in [1.54, 1.807) is 0 Å². The molecule has 0 bridgehead atoms. The molecule has 0 fully saturated rings. The maximum absolute atomic E-state index is 10.9. The molecule has 3 heteroatoms. The molecule has 0 aliphatic rings. The minimum atomic E-state index is -0.848. The average molecular weight is 256 g/mol. The molecule has 0 aromatic heterocycles. The molecule has 0 aliphatic carbocycles. The van der Waals surface area contributed by atoms with Gasteiger partial charge in [-0.2, -0.15) is 0 Å². The van der Waals surface area contributed by atoms with E-state index in [4.69, 9.17) is 5.11 Å². The first-order chi connectivity index (χ1) is 8.99. The van der Waals surface area contributed by atoms with Gasteiger partial charge in [0.2, 0.25) is 0 Å². The first kappa shape index (κ1) is 13.1. The Labute approximate surface area is 112 Å². The quantitative estimate of drug-likeness (QED) is 0.885. The number of aliphatic carboxylic acids is 1. The fourth-order valence-corrected chi connectivity index (χ4v) is 2.23. The van der Waals surface area contributed by atoms with Gasteiger partial charge in [-0.1, -0.05) is 24.3 Å². The highest BCUT2D eigenvalue weighted by Crippen LogP contribution is 2.31. The number of phenols is 1. The minimum absolute atomic E-state index is 0.00482. The summed E-state index contributed by atoms with van der Waals surface area (Å²) in [6.45, 7) is 3.68. The van der Waals surface area contributed by atoms with Gasteiger partial charge in [-0.05, 0) is 53.8 Å². The van der Waals surface area contributed by atoms with E-state index < -0.39 is 5.97 Å². The molecule has 2 rings (SSSR count). The van der Waals surface area contributed by atoms with E-state index in [9.17, 15) is 9.90 Å². The molecule has 2 aromatic carbocycles. The Hall–Kier alpha value is -2.29. The predicted octanol–water partition coefficient (Wildman–Crippen LogP) is 3.30. The van der Waals surface area contributed by atoms with Crippen LogP contribution in [0.2, 0.25) is 0 Å². The summed E-state index contributed by atoms with van der Waals surface area (Å²) in [5.41, 5.74) is 4.19. The lowest BCUT2D eigenvalue weighted by Crippen LogP contribution is -2.01. The summed E-state index contributed by atoms with van der Waals surface area (Å²) in [7, 11) is 0. The smallest absolute Gasteiger partial charge is 0.307 e. The van der Waals surface area contributed by atoms with E-state index >= 15 is 0 Å². The first-order valence-corrected chi connectivity index (χ1v) is 6.09. The second-order valence-corrected chi connectivity index (χ2v) is 4.69. The van der Waals surface area contributed by atoms with Gasteiger partial charge in [0.25, 0.3) is 0 Å². The lowest BCUT2D eigenvalue weighted by molar-refractivity contribution is -0.136. The van der Waals surface area contributed by atoms with E-state index in [2.05, 4.69) is 0 Å². The number of rotatable bonds is 3. The Balaban J connectivity index is 2.56. The molecule has 98 valence electrons. The van der Waals surface area contributed by atoms with Crippen molar-refractivity contribution in [2.75, 3.05) is 0 Å². The first-order valence-electron chi connectivity index (χ1n) is 6.09. The molecule has 0 unspecified atom stereocenters. The molecule has 0 atom stereocenters. The third kappa shape index (κ3) is 2.76. The highest BCUT2D eigenvalue weighted by atomic mass is 16.4. The summed E-state index contributed by atoms with van der Waals surface area (Å²) >= 11 is 0. The highest BCUT2D eigenvalue weighted by Gasteiger charge is 2.10. The van der Waals surface area contributed by atoms with Crippen molar-refractivity contribution in [3.8, 4) is 16.9 Å². The maximum atomic E-state index is 10.9. The summed E-state index contributed by atoms with van der Waals surface area (Å²) < 4.78 is 0. The molecule has 0 radical (unpaired) electrons. The monoisotopic (exact) mass is 256 g/mol. The number of hydrogen-bond acceptors (Lipinski definition) is 2. The molecular weight excluding hydrogens is 240 g/mol. The van der Waals surface area contributed by atoms with Crippen LogP contribution in [0.3, 0.4) is 0 Å². The van der Waals surface area contributed by atoms with E-state index in [1.807, 2.05) is 50.2 Å². The number of carboxylic acid groups (broad SMARTS) is 1. The SMILES string of the molecule is Cc1cc(-c2ccccc2CC(=O)O)cc(C)c1O. The van der Waals surface area contributed by atoms with Crippen molar-refractivity contribution in [2.45, 2.75) is 20.3 Å². The largest absolute Gasteiger partial charge is 0.507 e. The Morgan fingerprint density at radius 2 is 1.68 bits per heavy atom. The zero-order valence-corrected chi connectivity index (χ0v) is 11.0. The van der Waals surface area contributed by atoms with E-state index in [1.165, 1.54) is 0 Å². The Morgan fingerprint density at radius 3 is 2.26 bits per heavy atom. The van der Waals surface area contributed by atoms with Gasteiger partial charge < -0.3 is 10.2 Å². The van der Waals surface area contributed by atoms with Crippen molar-refractivity contribution in [3.05, 3.63) is 53.1 Å². The van der Waals surface area contributed by atoms with Crippen LogP contribution < -0.4 is 0 Å². The summed E-state index contributed by atoms with van der Waals surface area (Å²) in [6.07, 6.45) is -0.00482. The minimum Gasteiger partial charge on any atom is -0.507 e.